The van der Waals surface area contributed by atoms with E-state index in [4.69, 9.17) is 0 Å². The number of fused-ring (bicyclic) bond motifs is 2. The summed E-state index contributed by atoms with van der Waals surface area (Å²) in [4.78, 5) is 14.6. The van der Waals surface area contributed by atoms with Gasteiger partial charge >= 0.3 is 0 Å². The molecule has 0 bridgehead atoms. The fourth-order valence-electron chi connectivity index (χ4n) is 3.64. The van der Waals surface area contributed by atoms with E-state index < -0.39 is 0 Å². The average molecular weight is 298 g/mol. The summed E-state index contributed by atoms with van der Waals surface area (Å²) in [7, 11) is 0. The van der Waals surface area contributed by atoms with Gasteiger partial charge in [0.1, 0.15) is 5.82 Å². The van der Waals surface area contributed by atoms with Gasteiger partial charge < -0.3 is 9.47 Å². The van der Waals surface area contributed by atoms with Gasteiger partial charge in [0.15, 0.2) is 11.5 Å². The second kappa shape index (κ2) is 4.41. The second-order valence-corrected chi connectivity index (χ2v) is 6.51. The number of H-pyrrole nitrogens is 1. The van der Waals surface area contributed by atoms with Gasteiger partial charge in [-0.2, -0.15) is 5.10 Å². The standard InChI is InChI=1S/C15H18N6O/c22-15(13-10-2-1-3-11(10)16-18-13)20-6-7-21-12(8-20)17-19-14(21)9-4-5-9/h9H,1-8H2,(H,16,18). The number of nitrogens with one attached hydrogen (secondary N) is 1. The van der Waals surface area contributed by atoms with Crippen LogP contribution < -0.4 is 0 Å². The summed E-state index contributed by atoms with van der Waals surface area (Å²) in [6.45, 7) is 2.05. The van der Waals surface area contributed by atoms with Crippen molar-refractivity contribution in [3.63, 3.8) is 0 Å². The molecule has 1 aliphatic heterocycles. The smallest absolute Gasteiger partial charge is 0.275 e. The number of hydrogen-bond acceptors (Lipinski definition) is 4. The lowest BCUT2D eigenvalue weighted by Gasteiger charge is -2.27. The largest absolute Gasteiger partial charge is 0.328 e. The molecule has 5 rings (SSSR count). The van der Waals surface area contributed by atoms with Crippen molar-refractivity contribution in [2.45, 2.75) is 51.1 Å². The maximum Gasteiger partial charge on any atom is 0.275 e. The van der Waals surface area contributed by atoms with Gasteiger partial charge in [0, 0.05) is 30.3 Å². The van der Waals surface area contributed by atoms with Crippen LogP contribution in [0.1, 0.15) is 58.6 Å². The Balaban J connectivity index is 1.41. The molecule has 7 nitrogen and oxygen atoms in total. The number of nitrogens with zero attached hydrogens (tertiary/aromatic N) is 5. The average Bonchev–Trinajstić information content (AvgIpc) is 2.98. The summed E-state index contributed by atoms with van der Waals surface area (Å²) < 4.78 is 2.20. The molecule has 3 heterocycles. The van der Waals surface area contributed by atoms with Crippen molar-refractivity contribution in [1.82, 2.24) is 29.9 Å². The van der Waals surface area contributed by atoms with Gasteiger partial charge in [0.25, 0.3) is 5.91 Å². The highest BCUT2D eigenvalue weighted by atomic mass is 16.2. The van der Waals surface area contributed by atoms with Crippen molar-refractivity contribution in [3.8, 4) is 0 Å². The topological polar surface area (TPSA) is 79.7 Å². The van der Waals surface area contributed by atoms with Crippen LogP contribution in [0, 0.1) is 0 Å². The minimum absolute atomic E-state index is 0.0293. The summed E-state index contributed by atoms with van der Waals surface area (Å²) in [5.74, 6) is 2.65. The zero-order valence-electron chi connectivity index (χ0n) is 12.4. The molecule has 2 aromatic rings. The third-order valence-electron chi connectivity index (χ3n) is 5.02. The molecule has 0 aromatic carbocycles. The highest BCUT2D eigenvalue weighted by Gasteiger charge is 2.34. The Labute approximate surface area is 127 Å². The monoisotopic (exact) mass is 298 g/mol. The number of aryl methyl sites for hydroxylation is 1. The Bertz CT molecular complexity index is 756. The van der Waals surface area contributed by atoms with E-state index in [1.165, 1.54) is 12.8 Å². The Morgan fingerprint density at radius 2 is 2.09 bits per heavy atom. The number of hydrogen-bond donors (Lipinski definition) is 1. The first kappa shape index (κ1) is 12.4. The first-order valence-electron chi connectivity index (χ1n) is 8.08. The number of carbonyl (C=O) groups excluding carboxylic acids is 1. The first-order chi connectivity index (χ1) is 10.8. The SMILES string of the molecule is O=C(c1n[nH]c2c1CCC2)N1CCn2c(nnc2C2CC2)C1. The number of aromatic nitrogens is 5. The Morgan fingerprint density at radius 1 is 1.18 bits per heavy atom. The highest BCUT2D eigenvalue weighted by molar-refractivity contribution is 5.94. The molecule has 7 heteroatoms. The maximum atomic E-state index is 12.8. The van der Waals surface area contributed by atoms with Crippen LogP contribution in [-0.4, -0.2) is 42.3 Å². The molecule has 114 valence electrons. The summed E-state index contributed by atoms with van der Waals surface area (Å²) >= 11 is 0. The van der Waals surface area contributed by atoms with Gasteiger partial charge in [0.05, 0.1) is 6.54 Å². The zero-order chi connectivity index (χ0) is 14.7. The lowest BCUT2D eigenvalue weighted by molar-refractivity contribution is 0.0699. The lowest BCUT2D eigenvalue weighted by atomic mass is 10.1. The fourth-order valence-corrected chi connectivity index (χ4v) is 3.64. The Kier molecular flexibility index (Phi) is 2.48. The van der Waals surface area contributed by atoms with E-state index in [1.54, 1.807) is 0 Å². The number of rotatable bonds is 2. The zero-order valence-corrected chi connectivity index (χ0v) is 12.4. The molecule has 3 aliphatic rings. The molecule has 2 aromatic heterocycles. The highest BCUT2D eigenvalue weighted by Crippen LogP contribution is 2.39. The molecule has 1 saturated carbocycles. The molecular formula is C15H18N6O. The molecule has 2 aliphatic carbocycles. The molecule has 1 amide bonds. The van der Waals surface area contributed by atoms with Gasteiger partial charge in [0.2, 0.25) is 0 Å². The third-order valence-corrected chi connectivity index (χ3v) is 5.02. The van der Waals surface area contributed by atoms with Gasteiger partial charge in [-0.1, -0.05) is 0 Å². The van der Waals surface area contributed by atoms with Crippen LogP contribution in [0.15, 0.2) is 0 Å². The van der Waals surface area contributed by atoms with Crippen LogP contribution in [0.25, 0.3) is 0 Å². The van der Waals surface area contributed by atoms with E-state index in [0.29, 0.717) is 24.7 Å². The van der Waals surface area contributed by atoms with Crippen molar-refractivity contribution >= 4 is 5.91 Å². The molecule has 0 unspecified atom stereocenters. The van der Waals surface area contributed by atoms with Crippen molar-refractivity contribution < 1.29 is 4.79 Å². The number of carbonyl (C=O) groups is 1. The molecular weight excluding hydrogens is 280 g/mol. The maximum absolute atomic E-state index is 12.8. The summed E-state index contributed by atoms with van der Waals surface area (Å²) in [6, 6.07) is 0. The van der Waals surface area contributed by atoms with Gasteiger partial charge in [-0.05, 0) is 32.1 Å². The van der Waals surface area contributed by atoms with Gasteiger partial charge in [-0.25, -0.2) is 0 Å². The molecule has 22 heavy (non-hydrogen) atoms. The minimum Gasteiger partial charge on any atom is -0.328 e. The molecule has 0 atom stereocenters. The fraction of sp³-hybridized carbons (Fsp3) is 0.600. The summed E-state index contributed by atoms with van der Waals surface area (Å²) in [6.07, 6.45) is 5.53. The third kappa shape index (κ3) is 1.74. The van der Waals surface area contributed by atoms with Crippen LogP contribution in [0.4, 0.5) is 0 Å². The first-order valence-corrected chi connectivity index (χ1v) is 8.08. The molecule has 1 N–H and O–H groups in total. The van der Waals surface area contributed by atoms with Crippen LogP contribution in [-0.2, 0) is 25.9 Å². The van der Waals surface area contributed by atoms with Crippen molar-refractivity contribution in [2.75, 3.05) is 6.54 Å². The Morgan fingerprint density at radius 3 is 2.95 bits per heavy atom. The quantitative estimate of drug-likeness (QED) is 0.898. The van der Waals surface area contributed by atoms with E-state index in [9.17, 15) is 4.79 Å². The summed E-state index contributed by atoms with van der Waals surface area (Å²) in [5.41, 5.74) is 2.87. The molecule has 0 radical (unpaired) electrons. The van der Waals surface area contributed by atoms with E-state index in [-0.39, 0.29) is 5.91 Å². The predicted molar refractivity (Wildman–Crippen MR) is 77.4 cm³/mol. The normalized spacial score (nSPS) is 20.1. The minimum atomic E-state index is 0.0293. The van der Waals surface area contributed by atoms with Crippen LogP contribution in [0.5, 0.6) is 0 Å². The molecule has 0 spiro atoms. The predicted octanol–water partition coefficient (Wildman–Crippen LogP) is 1.02. The molecule has 0 saturated heterocycles. The Hall–Kier alpha value is -2.18. The van der Waals surface area contributed by atoms with Gasteiger partial charge in [-0.15, -0.1) is 10.2 Å². The van der Waals surface area contributed by atoms with Crippen molar-refractivity contribution in [3.05, 3.63) is 28.6 Å². The van der Waals surface area contributed by atoms with E-state index in [2.05, 4.69) is 25.0 Å². The van der Waals surface area contributed by atoms with E-state index >= 15 is 0 Å². The number of aromatic amines is 1. The van der Waals surface area contributed by atoms with Crippen molar-refractivity contribution in [2.24, 2.45) is 0 Å². The van der Waals surface area contributed by atoms with Crippen molar-refractivity contribution in [1.29, 1.82) is 0 Å². The number of amides is 1. The van der Waals surface area contributed by atoms with Gasteiger partial charge in [-0.3, -0.25) is 9.89 Å². The summed E-state index contributed by atoms with van der Waals surface area (Å²) in [5, 5.41) is 15.9. The lowest BCUT2D eigenvalue weighted by Crippen LogP contribution is -2.39. The van der Waals surface area contributed by atoms with Crippen LogP contribution >= 0.6 is 0 Å². The van der Waals surface area contributed by atoms with E-state index in [0.717, 1.165) is 48.7 Å². The second-order valence-electron chi connectivity index (χ2n) is 6.51. The van der Waals surface area contributed by atoms with Crippen LogP contribution in [0.3, 0.4) is 0 Å². The van der Waals surface area contributed by atoms with E-state index in [1.807, 2.05) is 4.90 Å². The van der Waals surface area contributed by atoms with Crippen LogP contribution in [0.2, 0.25) is 0 Å². The molecule has 1 fully saturated rings.